The van der Waals surface area contributed by atoms with Gasteiger partial charge in [-0.05, 0) is 31.2 Å². The van der Waals surface area contributed by atoms with Crippen molar-refractivity contribution in [2.24, 2.45) is 0 Å². The molecule has 1 aromatic carbocycles. The Balaban J connectivity index is 2.54. The Morgan fingerprint density at radius 2 is 2.11 bits per heavy atom. The molecule has 0 saturated carbocycles. The molecule has 0 aromatic heterocycles. The van der Waals surface area contributed by atoms with Crippen molar-refractivity contribution in [2.45, 2.75) is 26.0 Å². The van der Waals surface area contributed by atoms with E-state index in [0.29, 0.717) is 6.04 Å². The molecule has 4 heteroatoms. The molecule has 1 rings (SSSR count). The molecule has 0 aliphatic heterocycles. The van der Waals surface area contributed by atoms with Gasteiger partial charge in [0.2, 0.25) is 0 Å². The molecule has 0 aliphatic rings. The highest BCUT2D eigenvalue weighted by Crippen LogP contribution is 2.19. The van der Waals surface area contributed by atoms with Crippen molar-refractivity contribution < 1.29 is 14.6 Å². The van der Waals surface area contributed by atoms with Gasteiger partial charge in [-0.1, -0.05) is 19.1 Å². The smallest absolute Gasteiger partial charge is 0.119 e. The molecule has 0 spiro atoms. The van der Waals surface area contributed by atoms with Crippen LogP contribution < -0.4 is 10.1 Å². The van der Waals surface area contributed by atoms with Crippen LogP contribution in [-0.4, -0.2) is 38.1 Å². The summed E-state index contributed by atoms with van der Waals surface area (Å²) < 4.78 is 10.4. The first-order valence-corrected chi connectivity index (χ1v) is 6.30. The number of rotatable bonds is 8. The second kappa shape index (κ2) is 8.08. The number of nitrogens with one attached hydrogen (secondary N) is 1. The molecule has 0 heterocycles. The maximum Gasteiger partial charge on any atom is 0.119 e. The predicted octanol–water partition coefficient (Wildman–Crippen LogP) is 1.74. The summed E-state index contributed by atoms with van der Waals surface area (Å²) >= 11 is 0. The van der Waals surface area contributed by atoms with Gasteiger partial charge in [-0.3, -0.25) is 0 Å². The molecule has 0 saturated heterocycles. The highest BCUT2D eigenvalue weighted by molar-refractivity contribution is 5.30. The summed E-state index contributed by atoms with van der Waals surface area (Å²) in [5.41, 5.74) is 1.18. The van der Waals surface area contributed by atoms with Crippen molar-refractivity contribution in [3.8, 4) is 5.75 Å². The minimum absolute atomic E-state index is 0.243. The van der Waals surface area contributed by atoms with E-state index in [4.69, 9.17) is 9.47 Å². The number of aliphatic hydroxyl groups excluding tert-OH is 1. The van der Waals surface area contributed by atoms with E-state index in [2.05, 4.69) is 25.2 Å². The summed E-state index contributed by atoms with van der Waals surface area (Å²) in [5.74, 6) is 0.771. The van der Waals surface area contributed by atoms with E-state index in [1.807, 2.05) is 18.2 Å². The van der Waals surface area contributed by atoms with Crippen molar-refractivity contribution in [1.29, 1.82) is 0 Å². The van der Waals surface area contributed by atoms with Gasteiger partial charge >= 0.3 is 0 Å². The zero-order chi connectivity index (χ0) is 13.4. The molecular weight excluding hydrogens is 230 g/mol. The molecule has 0 radical (unpaired) electrons. The van der Waals surface area contributed by atoms with Crippen LogP contribution in [0.4, 0.5) is 0 Å². The van der Waals surface area contributed by atoms with Crippen LogP contribution in [-0.2, 0) is 4.74 Å². The summed E-state index contributed by atoms with van der Waals surface area (Å²) in [6.07, 6.45) is -0.593. The van der Waals surface area contributed by atoms with Gasteiger partial charge in [0, 0.05) is 13.2 Å². The number of ether oxygens (including phenoxy) is 2. The third-order valence-corrected chi connectivity index (χ3v) is 2.67. The first-order chi connectivity index (χ1) is 8.67. The summed E-state index contributed by atoms with van der Waals surface area (Å²) in [6.45, 7) is 5.65. The van der Waals surface area contributed by atoms with E-state index in [1.165, 1.54) is 5.56 Å². The van der Waals surface area contributed by atoms with Gasteiger partial charge in [0.25, 0.3) is 0 Å². The van der Waals surface area contributed by atoms with E-state index >= 15 is 0 Å². The summed E-state index contributed by atoms with van der Waals surface area (Å²) in [7, 11) is 1.56. The third-order valence-electron chi connectivity index (χ3n) is 2.67. The zero-order valence-electron chi connectivity index (χ0n) is 11.3. The molecule has 0 fully saturated rings. The van der Waals surface area contributed by atoms with Gasteiger partial charge in [0.1, 0.15) is 18.5 Å². The fourth-order valence-electron chi connectivity index (χ4n) is 1.73. The molecule has 0 bridgehead atoms. The van der Waals surface area contributed by atoms with Crippen molar-refractivity contribution in [2.75, 3.05) is 26.9 Å². The summed E-state index contributed by atoms with van der Waals surface area (Å²) in [5, 5.41) is 12.9. The monoisotopic (exact) mass is 253 g/mol. The SMILES string of the molecule is CCNC(C)c1cccc(OCC(O)COC)c1. The van der Waals surface area contributed by atoms with E-state index in [9.17, 15) is 5.11 Å². The predicted molar refractivity (Wildman–Crippen MR) is 71.9 cm³/mol. The number of hydrogen-bond acceptors (Lipinski definition) is 4. The van der Waals surface area contributed by atoms with E-state index in [0.717, 1.165) is 12.3 Å². The zero-order valence-corrected chi connectivity index (χ0v) is 11.3. The van der Waals surface area contributed by atoms with Gasteiger partial charge in [0.05, 0.1) is 6.61 Å². The highest BCUT2D eigenvalue weighted by atomic mass is 16.5. The fourth-order valence-corrected chi connectivity index (χ4v) is 1.73. The molecule has 1 aromatic rings. The molecule has 0 amide bonds. The van der Waals surface area contributed by atoms with Crippen LogP contribution in [0.25, 0.3) is 0 Å². The molecule has 2 unspecified atom stereocenters. The van der Waals surface area contributed by atoms with Crippen LogP contribution in [0.1, 0.15) is 25.5 Å². The highest BCUT2D eigenvalue weighted by Gasteiger charge is 2.07. The lowest BCUT2D eigenvalue weighted by atomic mass is 10.1. The standard InChI is InChI=1S/C14H23NO3/c1-4-15-11(2)12-6-5-7-14(8-12)18-10-13(16)9-17-3/h5-8,11,13,15-16H,4,9-10H2,1-3H3. The van der Waals surface area contributed by atoms with Crippen LogP contribution in [0.5, 0.6) is 5.75 Å². The topological polar surface area (TPSA) is 50.7 Å². The second-order valence-corrected chi connectivity index (χ2v) is 4.27. The van der Waals surface area contributed by atoms with Gasteiger partial charge in [0.15, 0.2) is 0 Å². The number of methoxy groups -OCH3 is 1. The van der Waals surface area contributed by atoms with Crippen LogP contribution in [0.3, 0.4) is 0 Å². The van der Waals surface area contributed by atoms with Crippen LogP contribution in [0, 0.1) is 0 Å². The van der Waals surface area contributed by atoms with Crippen LogP contribution in [0.2, 0.25) is 0 Å². The maximum absolute atomic E-state index is 9.51. The van der Waals surface area contributed by atoms with E-state index in [-0.39, 0.29) is 13.2 Å². The fraction of sp³-hybridized carbons (Fsp3) is 0.571. The second-order valence-electron chi connectivity index (χ2n) is 4.27. The Morgan fingerprint density at radius 3 is 2.78 bits per heavy atom. The van der Waals surface area contributed by atoms with Gasteiger partial charge in [-0.15, -0.1) is 0 Å². The average molecular weight is 253 g/mol. The lowest BCUT2D eigenvalue weighted by Crippen LogP contribution is -2.22. The Hall–Kier alpha value is -1.10. The third kappa shape index (κ3) is 5.04. The number of benzene rings is 1. The first kappa shape index (κ1) is 15.0. The molecule has 4 nitrogen and oxygen atoms in total. The molecule has 102 valence electrons. The van der Waals surface area contributed by atoms with Crippen molar-refractivity contribution >= 4 is 0 Å². The Morgan fingerprint density at radius 1 is 1.33 bits per heavy atom. The quantitative estimate of drug-likeness (QED) is 0.741. The van der Waals surface area contributed by atoms with E-state index in [1.54, 1.807) is 7.11 Å². The first-order valence-electron chi connectivity index (χ1n) is 6.30. The summed E-state index contributed by atoms with van der Waals surface area (Å²) in [6, 6.07) is 8.20. The molecule has 2 atom stereocenters. The molecule has 18 heavy (non-hydrogen) atoms. The average Bonchev–Trinajstić information content (AvgIpc) is 2.37. The van der Waals surface area contributed by atoms with Gasteiger partial charge < -0.3 is 19.9 Å². The van der Waals surface area contributed by atoms with Crippen molar-refractivity contribution in [3.63, 3.8) is 0 Å². The van der Waals surface area contributed by atoms with Gasteiger partial charge in [-0.25, -0.2) is 0 Å². The normalized spacial score (nSPS) is 14.2. The Kier molecular flexibility index (Phi) is 6.72. The van der Waals surface area contributed by atoms with Gasteiger partial charge in [-0.2, -0.15) is 0 Å². The molecule has 2 N–H and O–H groups in total. The van der Waals surface area contributed by atoms with Crippen molar-refractivity contribution in [3.05, 3.63) is 29.8 Å². The largest absolute Gasteiger partial charge is 0.491 e. The lowest BCUT2D eigenvalue weighted by Gasteiger charge is -2.15. The van der Waals surface area contributed by atoms with Crippen LogP contribution >= 0.6 is 0 Å². The minimum Gasteiger partial charge on any atom is -0.491 e. The molecule has 0 aliphatic carbocycles. The van der Waals surface area contributed by atoms with Crippen molar-refractivity contribution in [1.82, 2.24) is 5.32 Å². The Bertz CT molecular complexity index is 344. The number of aliphatic hydroxyl groups is 1. The minimum atomic E-state index is -0.593. The maximum atomic E-state index is 9.51. The number of hydrogen-bond donors (Lipinski definition) is 2. The van der Waals surface area contributed by atoms with E-state index < -0.39 is 6.10 Å². The molecular formula is C14H23NO3. The van der Waals surface area contributed by atoms with Crippen LogP contribution in [0.15, 0.2) is 24.3 Å². The summed E-state index contributed by atoms with van der Waals surface area (Å²) in [4.78, 5) is 0. The lowest BCUT2D eigenvalue weighted by molar-refractivity contribution is 0.0325. The Labute approximate surface area is 109 Å².